The molecule has 29 heavy (non-hydrogen) atoms. The Bertz CT molecular complexity index is 1070. The number of imidazole rings is 1. The maximum absolute atomic E-state index is 13.1. The number of carbonyl (C=O) groups is 1. The van der Waals surface area contributed by atoms with Gasteiger partial charge in [0.25, 0.3) is 5.91 Å². The fourth-order valence-electron chi connectivity index (χ4n) is 4.27. The van der Waals surface area contributed by atoms with Crippen molar-refractivity contribution in [3.63, 3.8) is 0 Å². The molecule has 1 atom stereocenters. The highest BCUT2D eigenvalue weighted by molar-refractivity contribution is 7.15. The molecule has 0 spiro atoms. The summed E-state index contributed by atoms with van der Waals surface area (Å²) in [6.45, 7) is 3.42. The number of thiazole rings is 1. The number of nitrogens with zero attached hydrogens (tertiary/aromatic N) is 4. The Labute approximate surface area is 169 Å². The fourth-order valence-corrected chi connectivity index (χ4v) is 5.12. The highest BCUT2D eigenvalue weighted by Crippen LogP contribution is 2.33. The van der Waals surface area contributed by atoms with Crippen LogP contribution >= 0.6 is 11.3 Å². The topological polar surface area (TPSA) is 40.9 Å². The number of carbonyl (C=O) groups excluding carboxylic acids is 1. The zero-order valence-corrected chi connectivity index (χ0v) is 16.3. The molecule has 2 aliphatic heterocycles. The van der Waals surface area contributed by atoms with Crippen molar-refractivity contribution >= 4 is 22.2 Å². The first-order valence-electron chi connectivity index (χ1n) is 9.58. The lowest BCUT2D eigenvalue weighted by molar-refractivity contribution is -0.137. The lowest BCUT2D eigenvalue weighted by atomic mass is 10.1. The third-order valence-corrected chi connectivity index (χ3v) is 6.63. The zero-order chi connectivity index (χ0) is 20.2. The van der Waals surface area contributed by atoms with Crippen molar-refractivity contribution in [2.24, 2.45) is 0 Å². The summed E-state index contributed by atoms with van der Waals surface area (Å²) in [5, 5.41) is 1.78. The zero-order valence-electron chi connectivity index (χ0n) is 15.5. The number of rotatable bonds is 2. The van der Waals surface area contributed by atoms with E-state index in [4.69, 9.17) is 0 Å². The van der Waals surface area contributed by atoms with Crippen molar-refractivity contribution < 1.29 is 18.0 Å². The van der Waals surface area contributed by atoms with Crippen LogP contribution in [0.2, 0.25) is 0 Å². The minimum absolute atomic E-state index is 0.0456. The molecule has 0 N–H and O–H groups in total. The van der Waals surface area contributed by atoms with Crippen LogP contribution in [0.3, 0.4) is 0 Å². The second kappa shape index (κ2) is 6.84. The van der Waals surface area contributed by atoms with Crippen LogP contribution in [0.15, 0.2) is 35.8 Å². The minimum atomic E-state index is -4.41. The smallest absolute Gasteiger partial charge is 0.334 e. The number of alkyl halides is 3. The summed E-state index contributed by atoms with van der Waals surface area (Å²) in [6, 6.07) is 5.54. The van der Waals surface area contributed by atoms with Gasteiger partial charge in [0, 0.05) is 42.8 Å². The monoisotopic (exact) mass is 420 g/mol. The first-order valence-corrected chi connectivity index (χ1v) is 10.5. The average Bonchev–Trinajstić information content (AvgIpc) is 3.41. The van der Waals surface area contributed by atoms with E-state index in [-0.39, 0.29) is 5.91 Å². The second-order valence-electron chi connectivity index (χ2n) is 7.56. The molecule has 5 nitrogen and oxygen atoms in total. The summed E-state index contributed by atoms with van der Waals surface area (Å²) < 4.78 is 40.8. The van der Waals surface area contributed by atoms with Gasteiger partial charge in [-0.3, -0.25) is 14.1 Å². The standard InChI is InChI=1S/C20H19F3N4OS/c21-20(22,23)14-4-1-3-13(9-14)16-11-27-17(12-29-19(27)24-16)18(28)26-8-7-25-6-2-5-15(25)10-26/h1,3-4,9,11-12,15H,2,5-8,10H2. The molecule has 2 aromatic heterocycles. The lowest BCUT2D eigenvalue weighted by Crippen LogP contribution is -2.52. The minimum Gasteiger partial charge on any atom is -0.334 e. The van der Waals surface area contributed by atoms with Gasteiger partial charge < -0.3 is 4.90 Å². The number of aromatic nitrogens is 2. The van der Waals surface area contributed by atoms with Crippen LogP contribution in [0.5, 0.6) is 0 Å². The van der Waals surface area contributed by atoms with E-state index in [1.54, 1.807) is 22.0 Å². The molecule has 9 heteroatoms. The number of halogens is 3. The summed E-state index contributed by atoms with van der Waals surface area (Å²) in [6.07, 6.45) is -0.456. The summed E-state index contributed by atoms with van der Waals surface area (Å²) >= 11 is 1.32. The van der Waals surface area contributed by atoms with Crippen molar-refractivity contribution in [3.05, 3.63) is 47.1 Å². The SMILES string of the molecule is O=C(c1csc2nc(-c3cccc(C(F)(F)F)c3)cn12)N1CCN2CCCC2C1. The Morgan fingerprint density at radius 3 is 2.90 bits per heavy atom. The second-order valence-corrected chi connectivity index (χ2v) is 8.40. The molecule has 2 fully saturated rings. The molecule has 4 heterocycles. The van der Waals surface area contributed by atoms with Gasteiger partial charge in [0.05, 0.1) is 11.3 Å². The van der Waals surface area contributed by atoms with Crippen LogP contribution in [0, 0.1) is 0 Å². The molecule has 1 unspecified atom stereocenters. The van der Waals surface area contributed by atoms with E-state index in [0.29, 0.717) is 34.5 Å². The van der Waals surface area contributed by atoms with E-state index in [2.05, 4.69) is 9.88 Å². The number of hydrogen-bond acceptors (Lipinski definition) is 4. The summed E-state index contributed by atoms with van der Waals surface area (Å²) in [4.78, 5) is 22.5. The van der Waals surface area contributed by atoms with Crippen molar-refractivity contribution in [1.29, 1.82) is 0 Å². The molecule has 0 radical (unpaired) electrons. The predicted octanol–water partition coefficient (Wildman–Crippen LogP) is 4.00. The van der Waals surface area contributed by atoms with Crippen LogP contribution < -0.4 is 0 Å². The highest BCUT2D eigenvalue weighted by Gasteiger charge is 2.34. The van der Waals surface area contributed by atoms with Crippen molar-refractivity contribution in [2.45, 2.75) is 25.1 Å². The van der Waals surface area contributed by atoms with E-state index in [9.17, 15) is 18.0 Å². The molecule has 1 amide bonds. The number of piperazine rings is 1. The Morgan fingerprint density at radius 1 is 1.21 bits per heavy atom. The Hall–Kier alpha value is -2.39. The third-order valence-electron chi connectivity index (χ3n) is 5.79. The fraction of sp³-hybridized carbons (Fsp3) is 0.400. The maximum Gasteiger partial charge on any atom is 0.416 e. The maximum atomic E-state index is 13.1. The lowest BCUT2D eigenvalue weighted by Gasteiger charge is -2.37. The van der Waals surface area contributed by atoms with Crippen molar-refractivity contribution in [3.8, 4) is 11.3 Å². The third kappa shape index (κ3) is 3.32. The van der Waals surface area contributed by atoms with Crippen LogP contribution in [0.1, 0.15) is 28.9 Å². The van der Waals surface area contributed by atoms with E-state index in [1.807, 2.05) is 4.90 Å². The van der Waals surface area contributed by atoms with E-state index >= 15 is 0 Å². The van der Waals surface area contributed by atoms with Crippen LogP contribution in [-0.4, -0.2) is 57.3 Å². The van der Waals surface area contributed by atoms with Crippen LogP contribution in [0.4, 0.5) is 13.2 Å². The Morgan fingerprint density at radius 2 is 2.07 bits per heavy atom. The van der Waals surface area contributed by atoms with Crippen LogP contribution in [-0.2, 0) is 6.18 Å². The van der Waals surface area contributed by atoms with E-state index in [1.165, 1.54) is 23.8 Å². The van der Waals surface area contributed by atoms with Gasteiger partial charge in [-0.05, 0) is 31.5 Å². The van der Waals surface area contributed by atoms with Gasteiger partial charge in [-0.15, -0.1) is 11.3 Å². The van der Waals surface area contributed by atoms with Gasteiger partial charge >= 0.3 is 6.18 Å². The molecule has 0 aliphatic carbocycles. The first-order chi connectivity index (χ1) is 13.9. The van der Waals surface area contributed by atoms with Crippen LogP contribution in [0.25, 0.3) is 16.2 Å². The quantitative estimate of drug-likeness (QED) is 0.629. The highest BCUT2D eigenvalue weighted by atomic mass is 32.1. The summed E-state index contributed by atoms with van der Waals surface area (Å²) in [5.74, 6) is -0.0456. The molecular weight excluding hydrogens is 401 g/mol. The number of hydrogen-bond donors (Lipinski definition) is 0. The van der Waals surface area contributed by atoms with E-state index < -0.39 is 11.7 Å². The molecule has 2 aliphatic rings. The molecule has 152 valence electrons. The van der Waals surface area contributed by atoms with Gasteiger partial charge in [0.2, 0.25) is 0 Å². The molecule has 2 saturated heterocycles. The number of benzene rings is 1. The Kier molecular flexibility index (Phi) is 4.40. The molecule has 1 aromatic carbocycles. The van der Waals surface area contributed by atoms with Gasteiger partial charge in [-0.2, -0.15) is 13.2 Å². The summed E-state index contributed by atoms with van der Waals surface area (Å²) in [7, 11) is 0. The average molecular weight is 420 g/mol. The van der Waals surface area contributed by atoms with Gasteiger partial charge in [-0.1, -0.05) is 12.1 Å². The number of fused-ring (bicyclic) bond motifs is 2. The van der Waals surface area contributed by atoms with Gasteiger partial charge in [0.15, 0.2) is 4.96 Å². The van der Waals surface area contributed by atoms with Crippen molar-refractivity contribution in [1.82, 2.24) is 19.2 Å². The van der Waals surface area contributed by atoms with Gasteiger partial charge in [0.1, 0.15) is 5.69 Å². The largest absolute Gasteiger partial charge is 0.416 e. The molecule has 0 saturated carbocycles. The number of amides is 1. The van der Waals surface area contributed by atoms with E-state index in [0.717, 1.165) is 38.2 Å². The first kappa shape index (κ1) is 18.6. The predicted molar refractivity (Wildman–Crippen MR) is 104 cm³/mol. The van der Waals surface area contributed by atoms with Gasteiger partial charge in [-0.25, -0.2) is 4.98 Å². The summed E-state index contributed by atoms with van der Waals surface area (Å²) in [5.41, 5.74) is 0.616. The normalized spacial score (nSPS) is 20.4. The molecule has 0 bridgehead atoms. The molecule has 5 rings (SSSR count). The Balaban J connectivity index is 1.44. The van der Waals surface area contributed by atoms with Crippen molar-refractivity contribution in [2.75, 3.05) is 26.2 Å². The molecule has 3 aromatic rings. The molecular formula is C20H19F3N4OS.